The summed E-state index contributed by atoms with van der Waals surface area (Å²) in [4.78, 5) is 8.67. The summed E-state index contributed by atoms with van der Waals surface area (Å²) in [6.07, 6.45) is 4.41. The highest BCUT2D eigenvalue weighted by atomic mass is 35.5. The number of hydrogen-bond acceptors (Lipinski definition) is 3. The molecular weight excluding hydrogens is 222 g/mol. The van der Waals surface area contributed by atoms with Crippen LogP contribution in [0.1, 0.15) is 38.9 Å². The average Bonchev–Trinajstić information content (AvgIpc) is 2.96. The molecule has 1 aliphatic carbocycles. The van der Waals surface area contributed by atoms with Crippen molar-refractivity contribution in [3.05, 3.63) is 17.0 Å². The molecule has 1 aliphatic rings. The smallest absolute Gasteiger partial charge is 0.134 e. The normalized spacial score (nSPS) is 23.2. The van der Waals surface area contributed by atoms with Crippen LogP contribution in [0.15, 0.2) is 6.07 Å². The number of anilines is 1. The van der Waals surface area contributed by atoms with E-state index in [1.807, 2.05) is 6.07 Å². The Morgan fingerprint density at radius 2 is 2.25 bits per heavy atom. The molecule has 1 aromatic heterocycles. The topological polar surface area (TPSA) is 37.8 Å². The molecule has 0 bridgehead atoms. The van der Waals surface area contributed by atoms with Crippen molar-refractivity contribution in [3.63, 3.8) is 0 Å². The van der Waals surface area contributed by atoms with E-state index in [0.717, 1.165) is 30.4 Å². The summed E-state index contributed by atoms with van der Waals surface area (Å²) in [6.45, 7) is 4.34. The van der Waals surface area contributed by atoms with Gasteiger partial charge in [0.2, 0.25) is 0 Å². The fourth-order valence-electron chi connectivity index (χ4n) is 1.94. The van der Waals surface area contributed by atoms with Gasteiger partial charge < -0.3 is 5.32 Å². The second kappa shape index (κ2) is 5.00. The molecule has 16 heavy (non-hydrogen) atoms. The average molecular weight is 240 g/mol. The van der Waals surface area contributed by atoms with Crippen LogP contribution < -0.4 is 5.32 Å². The number of aromatic nitrogens is 2. The number of nitrogens with one attached hydrogen (secondary N) is 1. The predicted octanol–water partition coefficient (Wildman–Crippen LogP) is 3.29. The zero-order valence-electron chi connectivity index (χ0n) is 9.83. The van der Waals surface area contributed by atoms with Gasteiger partial charge in [0.05, 0.1) is 0 Å². The lowest BCUT2D eigenvalue weighted by molar-refractivity contribution is 0.770. The summed E-state index contributed by atoms with van der Waals surface area (Å²) in [5.41, 5.74) is 0. The summed E-state index contributed by atoms with van der Waals surface area (Å²) in [7, 11) is 0. The fraction of sp³-hybridized carbons (Fsp3) is 0.667. The van der Waals surface area contributed by atoms with Crippen molar-refractivity contribution >= 4 is 17.4 Å². The first-order chi connectivity index (χ1) is 7.72. The van der Waals surface area contributed by atoms with Crippen LogP contribution in [0.4, 0.5) is 5.82 Å². The molecule has 0 amide bonds. The van der Waals surface area contributed by atoms with Crippen molar-refractivity contribution in [1.29, 1.82) is 0 Å². The third kappa shape index (κ3) is 2.85. The molecule has 3 nitrogen and oxygen atoms in total. The van der Waals surface area contributed by atoms with E-state index in [-0.39, 0.29) is 0 Å². The Morgan fingerprint density at radius 3 is 2.88 bits per heavy atom. The van der Waals surface area contributed by atoms with Crippen molar-refractivity contribution in [2.24, 2.45) is 5.92 Å². The molecule has 0 aromatic carbocycles. The predicted molar refractivity (Wildman–Crippen MR) is 66.8 cm³/mol. The largest absolute Gasteiger partial charge is 0.367 e. The van der Waals surface area contributed by atoms with Crippen molar-refractivity contribution in [1.82, 2.24) is 9.97 Å². The van der Waals surface area contributed by atoms with Crippen LogP contribution in [0.25, 0.3) is 0 Å². The zero-order chi connectivity index (χ0) is 11.5. The Balaban J connectivity index is 2.03. The standard InChI is InChI=1S/C12H18ClN3/c1-3-5-11-15-10(13)7-12(16-11)14-9-6-8(9)4-2/h7-9H,3-6H2,1-2H3,(H,14,15,16). The summed E-state index contributed by atoms with van der Waals surface area (Å²) in [6, 6.07) is 2.40. The minimum absolute atomic E-state index is 0.537. The monoisotopic (exact) mass is 239 g/mol. The molecule has 0 spiro atoms. The maximum absolute atomic E-state index is 5.97. The van der Waals surface area contributed by atoms with Gasteiger partial charge in [-0.15, -0.1) is 0 Å². The minimum atomic E-state index is 0.537. The molecule has 1 N–H and O–H groups in total. The molecule has 2 unspecified atom stereocenters. The Hall–Kier alpha value is -0.830. The van der Waals surface area contributed by atoms with E-state index in [1.54, 1.807) is 0 Å². The van der Waals surface area contributed by atoms with Crippen LogP contribution in [0.5, 0.6) is 0 Å². The first-order valence-electron chi connectivity index (χ1n) is 6.03. The number of halogens is 1. The number of nitrogens with zero attached hydrogens (tertiary/aromatic N) is 2. The number of hydrogen-bond donors (Lipinski definition) is 1. The summed E-state index contributed by atoms with van der Waals surface area (Å²) in [5, 5.41) is 3.96. The first kappa shape index (κ1) is 11.6. The Morgan fingerprint density at radius 1 is 1.44 bits per heavy atom. The summed E-state index contributed by atoms with van der Waals surface area (Å²) >= 11 is 5.97. The van der Waals surface area contributed by atoms with Gasteiger partial charge in [0.1, 0.15) is 16.8 Å². The SMILES string of the molecule is CCCc1nc(Cl)cc(NC2CC2CC)n1. The van der Waals surface area contributed by atoms with Crippen molar-refractivity contribution in [2.45, 2.75) is 45.6 Å². The molecule has 0 radical (unpaired) electrons. The molecule has 88 valence electrons. The highest BCUT2D eigenvalue weighted by Crippen LogP contribution is 2.35. The summed E-state index contributed by atoms with van der Waals surface area (Å²) < 4.78 is 0. The first-order valence-corrected chi connectivity index (χ1v) is 6.40. The van der Waals surface area contributed by atoms with E-state index in [0.29, 0.717) is 11.2 Å². The maximum atomic E-state index is 5.97. The van der Waals surface area contributed by atoms with E-state index in [9.17, 15) is 0 Å². The van der Waals surface area contributed by atoms with Crippen molar-refractivity contribution in [3.8, 4) is 0 Å². The van der Waals surface area contributed by atoms with E-state index < -0.39 is 0 Å². The van der Waals surface area contributed by atoms with Gasteiger partial charge in [0, 0.05) is 18.5 Å². The van der Waals surface area contributed by atoms with Crippen molar-refractivity contribution < 1.29 is 0 Å². The minimum Gasteiger partial charge on any atom is -0.367 e. The highest BCUT2D eigenvalue weighted by Gasteiger charge is 2.35. The second-order valence-corrected chi connectivity index (χ2v) is 4.78. The van der Waals surface area contributed by atoms with Crippen LogP contribution in [-0.2, 0) is 6.42 Å². The molecule has 0 saturated heterocycles. The Bertz CT molecular complexity index is 367. The Labute approximate surface area is 102 Å². The molecule has 2 atom stereocenters. The van der Waals surface area contributed by atoms with E-state index in [1.165, 1.54) is 12.8 Å². The lowest BCUT2D eigenvalue weighted by Crippen LogP contribution is -2.08. The number of aryl methyl sites for hydroxylation is 1. The van der Waals surface area contributed by atoms with Crippen LogP contribution in [0.3, 0.4) is 0 Å². The molecule has 1 aromatic rings. The fourth-order valence-corrected chi connectivity index (χ4v) is 2.14. The van der Waals surface area contributed by atoms with Gasteiger partial charge in [-0.2, -0.15) is 0 Å². The van der Waals surface area contributed by atoms with Gasteiger partial charge >= 0.3 is 0 Å². The van der Waals surface area contributed by atoms with Crippen LogP contribution in [0, 0.1) is 5.92 Å². The Kier molecular flexibility index (Phi) is 3.64. The maximum Gasteiger partial charge on any atom is 0.134 e. The quantitative estimate of drug-likeness (QED) is 0.802. The van der Waals surface area contributed by atoms with Gasteiger partial charge in [0.15, 0.2) is 0 Å². The third-order valence-electron chi connectivity index (χ3n) is 3.00. The van der Waals surface area contributed by atoms with E-state index >= 15 is 0 Å². The summed E-state index contributed by atoms with van der Waals surface area (Å²) in [5.74, 6) is 2.53. The van der Waals surface area contributed by atoms with Crippen LogP contribution in [0.2, 0.25) is 5.15 Å². The molecule has 1 heterocycles. The van der Waals surface area contributed by atoms with Gasteiger partial charge in [-0.05, 0) is 18.8 Å². The van der Waals surface area contributed by atoms with Gasteiger partial charge in [-0.1, -0.05) is 31.9 Å². The zero-order valence-corrected chi connectivity index (χ0v) is 10.6. The molecule has 4 heteroatoms. The molecule has 2 rings (SSSR count). The molecule has 1 fully saturated rings. The lowest BCUT2D eigenvalue weighted by atomic mass is 10.3. The highest BCUT2D eigenvalue weighted by molar-refractivity contribution is 6.29. The van der Waals surface area contributed by atoms with E-state index in [2.05, 4.69) is 29.1 Å². The number of rotatable bonds is 5. The lowest BCUT2D eigenvalue weighted by Gasteiger charge is -2.06. The van der Waals surface area contributed by atoms with Gasteiger partial charge in [-0.25, -0.2) is 9.97 Å². The second-order valence-electron chi connectivity index (χ2n) is 4.40. The molecule has 0 aliphatic heterocycles. The molecule has 1 saturated carbocycles. The van der Waals surface area contributed by atoms with Crippen molar-refractivity contribution in [2.75, 3.05) is 5.32 Å². The van der Waals surface area contributed by atoms with Crippen LogP contribution >= 0.6 is 11.6 Å². The third-order valence-corrected chi connectivity index (χ3v) is 3.19. The van der Waals surface area contributed by atoms with Gasteiger partial charge in [0.25, 0.3) is 0 Å². The van der Waals surface area contributed by atoms with Crippen LogP contribution in [-0.4, -0.2) is 16.0 Å². The van der Waals surface area contributed by atoms with E-state index in [4.69, 9.17) is 11.6 Å². The molecular formula is C12H18ClN3. The van der Waals surface area contributed by atoms with Gasteiger partial charge in [-0.3, -0.25) is 0 Å².